The molecule has 0 saturated heterocycles. The Hall–Kier alpha value is -2.13. The van der Waals surface area contributed by atoms with E-state index in [1.165, 1.54) is 11.1 Å². The first kappa shape index (κ1) is 11.9. The molecule has 2 N–H and O–H groups in total. The highest BCUT2D eigenvalue weighted by Crippen LogP contribution is 2.16. The van der Waals surface area contributed by atoms with Crippen molar-refractivity contribution in [3.8, 4) is 0 Å². The van der Waals surface area contributed by atoms with Crippen LogP contribution in [0.25, 0.3) is 5.52 Å². The average molecular weight is 251 g/mol. The summed E-state index contributed by atoms with van der Waals surface area (Å²) in [6.45, 7) is 2.66. The predicted octanol–water partition coefficient (Wildman–Crippen LogP) is 2.69. The van der Waals surface area contributed by atoms with Gasteiger partial charge in [-0.15, -0.1) is 0 Å². The summed E-state index contributed by atoms with van der Waals surface area (Å²) >= 11 is 0. The lowest BCUT2D eigenvalue weighted by Crippen LogP contribution is -2.07. The molecule has 2 heterocycles. The molecule has 3 heteroatoms. The smallest absolute Gasteiger partial charge is 0.117 e. The highest BCUT2D eigenvalue weighted by Gasteiger charge is 2.08. The summed E-state index contributed by atoms with van der Waals surface area (Å²) in [4.78, 5) is 4.55. The van der Waals surface area contributed by atoms with Gasteiger partial charge in [0, 0.05) is 18.7 Å². The van der Waals surface area contributed by atoms with E-state index in [0.29, 0.717) is 6.54 Å². The van der Waals surface area contributed by atoms with Crippen LogP contribution in [-0.4, -0.2) is 9.38 Å². The molecule has 0 amide bonds. The van der Waals surface area contributed by atoms with Crippen LogP contribution in [0.4, 0.5) is 0 Å². The molecular weight excluding hydrogens is 234 g/mol. The second-order valence-electron chi connectivity index (χ2n) is 4.76. The van der Waals surface area contributed by atoms with Crippen molar-refractivity contribution >= 4 is 5.52 Å². The van der Waals surface area contributed by atoms with Gasteiger partial charge in [-0.25, -0.2) is 4.98 Å². The maximum absolute atomic E-state index is 5.82. The largest absolute Gasteiger partial charge is 0.325 e. The number of benzene rings is 1. The lowest BCUT2D eigenvalue weighted by molar-refractivity contribution is 0.874. The summed E-state index contributed by atoms with van der Waals surface area (Å²) in [5.41, 5.74) is 10.6. The van der Waals surface area contributed by atoms with Crippen LogP contribution in [-0.2, 0) is 13.0 Å². The SMILES string of the molecule is Cc1ccccc1Cc1ncc2cccc(CN)n12. The summed E-state index contributed by atoms with van der Waals surface area (Å²) < 4.78 is 2.16. The van der Waals surface area contributed by atoms with Gasteiger partial charge in [0.15, 0.2) is 0 Å². The maximum atomic E-state index is 5.82. The molecule has 0 radical (unpaired) electrons. The van der Waals surface area contributed by atoms with Crippen molar-refractivity contribution in [3.63, 3.8) is 0 Å². The Morgan fingerprint density at radius 1 is 1.11 bits per heavy atom. The molecule has 0 spiro atoms. The zero-order valence-electron chi connectivity index (χ0n) is 11.0. The average Bonchev–Trinajstić information content (AvgIpc) is 2.85. The number of aryl methyl sites for hydroxylation is 1. The van der Waals surface area contributed by atoms with Gasteiger partial charge in [-0.2, -0.15) is 0 Å². The normalized spacial score (nSPS) is 11.1. The Morgan fingerprint density at radius 3 is 2.74 bits per heavy atom. The van der Waals surface area contributed by atoms with E-state index in [1.54, 1.807) is 0 Å². The minimum Gasteiger partial charge on any atom is -0.325 e. The van der Waals surface area contributed by atoms with Crippen LogP contribution < -0.4 is 5.73 Å². The van der Waals surface area contributed by atoms with Crippen molar-refractivity contribution in [1.82, 2.24) is 9.38 Å². The van der Waals surface area contributed by atoms with Gasteiger partial charge >= 0.3 is 0 Å². The second-order valence-corrected chi connectivity index (χ2v) is 4.76. The first-order chi connectivity index (χ1) is 9.29. The van der Waals surface area contributed by atoms with E-state index in [1.807, 2.05) is 12.3 Å². The van der Waals surface area contributed by atoms with Crippen LogP contribution in [0.2, 0.25) is 0 Å². The zero-order valence-corrected chi connectivity index (χ0v) is 11.0. The van der Waals surface area contributed by atoms with Crippen LogP contribution in [0.15, 0.2) is 48.7 Å². The third-order valence-corrected chi connectivity index (χ3v) is 3.52. The topological polar surface area (TPSA) is 43.3 Å². The fourth-order valence-corrected chi connectivity index (χ4v) is 2.45. The van der Waals surface area contributed by atoms with Gasteiger partial charge in [0.05, 0.1) is 11.7 Å². The number of pyridine rings is 1. The molecule has 1 aromatic carbocycles. The Labute approximate surface area is 112 Å². The molecule has 0 aliphatic heterocycles. The van der Waals surface area contributed by atoms with Crippen molar-refractivity contribution in [2.45, 2.75) is 19.9 Å². The molecule has 2 aromatic heterocycles. The fourth-order valence-electron chi connectivity index (χ4n) is 2.45. The van der Waals surface area contributed by atoms with E-state index in [0.717, 1.165) is 23.5 Å². The van der Waals surface area contributed by atoms with Gasteiger partial charge in [0.2, 0.25) is 0 Å². The van der Waals surface area contributed by atoms with E-state index in [-0.39, 0.29) is 0 Å². The number of fused-ring (bicyclic) bond motifs is 1. The number of aromatic nitrogens is 2. The standard InChI is InChI=1S/C16H17N3/c1-12-5-2-3-6-13(12)9-16-18-11-15-8-4-7-14(10-17)19(15)16/h2-8,11H,9-10,17H2,1H3. The van der Waals surface area contributed by atoms with Crippen LogP contribution in [0.1, 0.15) is 22.6 Å². The molecular formula is C16H17N3. The highest BCUT2D eigenvalue weighted by atomic mass is 15.0. The molecule has 3 nitrogen and oxygen atoms in total. The zero-order chi connectivity index (χ0) is 13.2. The maximum Gasteiger partial charge on any atom is 0.117 e. The summed E-state index contributed by atoms with van der Waals surface area (Å²) in [5, 5.41) is 0. The highest BCUT2D eigenvalue weighted by molar-refractivity contribution is 5.48. The van der Waals surface area contributed by atoms with E-state index in [9.17, 15) is 0 Å². The number of hydrogen-bond donors (Lipinski definition) is 1. The molecule has 3 rings (SSSR count). The molecule has 96 valence electrons. The van der Waals surface area contributed by atoms with Crippen LogP contribution in [0.3, 0.4) is 0 Å². The first-order valence-electron chi connectivity index (χ1n) is 6.48. The molecule has 0 aliphatic rings. The predicted molar refractivity (Wildman–Crippen MR) is 77.1 cm³/mol. The summed E-state index contributed by atoms with van der Waals surface area (Å²) in [6, 6.07) is 14.6. The number of nitrogens with two attached hydrogens (primary N) is 1. The van der Waals surface area contributed by atoms with Gasteiger partial charge in [-0.1, -0.05) is 30.3 Å². The van der Waals surface area contributed by atoms with Crippen LogP contribution in [0.5, 0.6) is 0 Å². The summed E-state index contributed by atoms with van der Waals surface area (Å²) in [5.74, 6) is 1.05. The molecule has 0 aliphatic carbocycles. The summed E-state index contributed by atoms with van der Waals surface area (Å²) in [7, 11) is 0. The van der Waals surface area contributed by atoms with Gasteiger partial charge in [0.1, 0.15) is 5.82 Å². The monoisotopic (exact) mass is 251 g/mol. The van der Waals surface area contributed by atoms with E-state index >= 15 is 0 Å². The van der Waals surface area contributed by atoms with E-state index in [2.05, 4.69) is 52.7 Å². The number of hydrogen-bond acceptors (Lipinski definition) is 2. The first-order valence-corrected chi connectivity index (χ1v) is 6.48. The van der Waals surface area contributed by atoms with E-state index < -0.39 is 0 Å². The molecule has 3 aromatic rings. The quantitative estimate of drug-likeness (QED) is 0.777. The van der Waals surface area contributed by atoms with Crippen molar-refractivity contribution in [2.75, 3.05) is 0 Å². The van der Waals surface area contributed by atoms with E-state index in [4.69, 9.17) is 5.73 Å². The van der Waals surface area contributed by atoms with Gasteiger partial charge in [0.25, 0.3) is 0 Å². The Morgan fingerprint density at radius 2 is 1.95 bits per heavy atom. The molecule has 0 fully saturated rings. The lowest BCUT2D eigenvalue weighted by atomic mass is 10.1. The minimum atomic E-state index is 0.522. The van der Waals surface area contributed by atoms with Gasteiger partial charge < -0.3 is 5.73 Å². The Kier molecular flexibility index (Phi) is 3.05. The number of imidazole rings is 1. The third-order valence-electron chi connectivity index (χ3n) is 3.52. The van der Waals surface area contributed by atoms with Gasteiger partial charge in [-0.3, -0.25) is 4.40 Å². The summed E-state index contributed by atoms with van der Waals surface area (Å²) in [6.07, 6.45) is 2.74. The molecule has 0 unspecified atom stereocenters. The molecule has 0 saturated carbocycles. The molecule has 0 atom stereocenters. The lowest BCUT2D eigenvalue weighted by Gasteiger charge is -2.08. The van der Waals surface area contributed by atoms with Crippen molar-refractivity contribution in [2.24, 2.45) is 5.73 Å². The van der Waals surface area contributed by atoms with Crippen molar-refractivity contribution in [1.29, 1.82) is 0 Å². The Balaban J connectivity index is 2.09. The third kappa shape index (κ3) is 2.13. The fraction of sp³-hybridized carbons (Fsp3) is 0.188. The Bertz CT molecular complexity index is 713. The number of rotatable bonds is 3. The second kappa shape index (κ2) is 4.86. The van der Waals surface area contributed by atoms with Gasteiger partial charge in [-0.05, 0) is 30.2 Å². The molecule has 19 heavy (non-hydrogen) atoms. The van der Waals surface area contributed by atoms with Crippen LogP contribution in [0, 0.1) is 6.92 Å². The van der Waals surface area contributed by atoms with Crippen molar-refractivity contribution < 1.29 is 0 Å². The number of nitrogens with zero attached hydrogens (tertiary/aromatic N) is 2. The minimum absolute atomic E-state index is 0.522. The molecule has 0 bridgehead atoms. The van der Waals surface area contributed by atoms with Crippen LogP contribution >= 0.6 is 0 Å². The van der Waals surface area contributed by atoms with Crippen molar-refractivity contribution in [3.05, 3.63) is 71.3 Å².